The van der Waals surface area contributed by atoms with Crippen molar-refractivity contribution in [1.82, 2.24) is 0 Å². The molecule has 7 aromatic carbocycles. The molecule has 72 heavy (non-hydrogen) atoms. The van der Waals surface area contributed by atoms with Crippen LogP contribution in [-0.4, -0.2) is 12.3 Å². The maximum atomic E-state index is 2.85. The van der Waals surface area contributed by atoms with E-state index in [1.807, 2.05) is 0 Å². The zero-order valence-corrected chi connectivity index (χ0v) is 46.0. The van der Waals surface area contributed by atoms with Gasteiger partial charge in [0.05, 0.1) is 11.2 Å². The van der Waals surface area contributed by atoms with E-state index in [1.54, 1.807) is 0 Å². The fraction of sp³-hybridized carbons (Fsp3) is 0.382. The quantitative estimate of drug-likeness (QED) is 0.163. The first kappa shape index (κ1) is 48.3. The lowest BCUT2D eigenvalue weighted by molar-refractivity contribution is 0.217. The molecule has 0 saturated heterocycles. The van der Waals surface area contributed by atoms with Gasteiger partial charge in [-0.1, -0.05) is 207 Å². The number of para-hydroxylation sites is 1. The standard InChI is InChI=1S/C68H78BN3/c1-63(2,3)46-28-33-50(34-29-46)70-59-37-32-49(66(10,11)12)42-55(59)69-54-26-20-21-27-58(54)71(56-35-30-47(64(4,5)6)40-52(56)45-24-18-17-19-25-45)61-44-51(43-60(70)62(61)69)72-57-36-31-48(65(7,8)9)41-53(57)67(13)38-22-15-16-23-39-68(67,72)14/h17-21,24-37,40-44H,15-16,22-23,38-39H2,1-14H3. The number of rotatable bonds is 4. The molecular weight excluding hydrogens is 870 g/mol. The van der Waals surface area contributed by atoms with Gasteiger partial charge >= 0.3 is 0 Å². The number of hydrogen-bond acceptors (Lipinski definition) is 3. The molecule has 11 rings (SSSR count). The maximum Gasteiger partial charge on any atom is 0.252 e. The van der Waals surface area contributed by atoms with Crippen molar-refractivity contribution in [1.29, 1.82) is 0 Å². The van der Waals surface area contributed by atoms with Crippen molar-refractivity contribution in [2.24, 2.45) is 0 Å². The summed E-state index contributed by atoms with van der Waals surface area (Å²) in [6.07, 6.45) is 7.36. The Bertz CT molecular complexity index is 3230. The number of benzene rings is 7. The van der Waals surface area contributed by atoms with Gasteiger partial charge in [0.25, 0.3) is 6.71 Å². The molecule has 1 fully saturated rings. The summed E-state index contributed by atoms with van der Waals surface area (Å²) in [5, 5.41) is 0. The predicted molar refractivity (Wildman–Crippen MR) is 313 cm³/mol. The van der Waals surface area contributed by atoms with Gasteiger partial charge in [-0.05, 0) is 146 Å². The molecule has 4 aliphatic rings. The highest BCUT2D eigenvalue weighted by atomic mass is 15.3. The molecule has 1 saturated carbocycles. The van der Waals surface area contributed by atoms with E-state index in [-0.39, 0.29) is 39.3 Å². The van der Waals surface area contributed by atoms with Gasteiger partial charge in [-0.15, -0.1) is 0 Å². The first-order chi connectivity index (χ1) is 34.0. The molecule has 2 atom stereocenters. The first-order valence-electron chi connectivity index (χ1n) is 27.3. The van der Waals surface area contributed by atoms with Crippen LogP contribution in [0.15, 0.2) is 146 Å². The Morgan fingerprint density at radius 3 is 1.56 bits per heavy atom. The van der Waals surface area contributed by atoms with Gasteiger partial charge in [0, 0.05) is 50.8 Å². The van der Waals surface area contributed by atoms with E-state index in [0.717, 1.165) is 6.42 Å². The third kappa shape index (κ3) is 7.67. The third-order valence-corrected chi connectivity index (χ3v) is 17.7. The van der Waals surface area contributed by atoms with E-state index in [1.165, 1.54) is 133 Å². The lowest BCUT2D eigenvalue weighted by Crippen LogP contribution is -2.61. The van der Waals surface area contributed by atoms with E-state index in [4.69, 9.17) is 0 Å². The average molecular weight is 948 g/mol. The summed E-state index contributed by atoms with van der Waals surface area (Å²) in [5.41, 5.74) is 23.3. The SMILES string of the molecule is CC(C)(C)c1ccc(N2c3ccc(C(C)(C)C)cc3B3c4ccccc4N(c4ccc(C(C)(C)C)cc4-c4ccccc4)c4cc(N5c6ccc(C(C)(C)C)cc6C6(C)CCCCCCC56C)cc2c43)cc1. The number of nitrogens with zero attached hydrogens (tertiary/aromatic N) is 3. The Balaban J connectivity index is 1.28. The van der Waals surface area contributed by atoms with Crippen molar-refractivity contribution in [3.05, 3.63) is 173 Å². The van der Waals surface area contributed by atoms with Crippen molar-refractivity contribution >= 4 is 68.6 Å². The van der Waals surface area contributed by atoms with Gasteiger partial charge in [-0.3, -0.25) is 0 Å². The Hall–Kier alpha value is -6.00. The molecule has 3 heterocycles. The summed E-state index contributed by atoms with van der Waals surface area (Å²) in [6.45, 7) is 33.4. The second-order valence-electron chi connectivity index (χ2n) is 26.6. The molecule has 7 aromatic rings. The van der Waals surface area contributed by atoms with Crippen LogP contribution in [0.2, 0.25) is 0 Å². The number of hydrogen-bond donors (Lipinski definition) is 0. The lowest BCUT2D eigenvalue weighted by atomic mass is 9.33. The summed E-state index contributed by atoms with van der Waals surface area (Å²) in [4.78, 5) is 8.16. The van der Waals surface area contributed by atoms with Gasteiger partial charge in [-0.2, -0.15) is 0 Å². The molecule has 4 heteroatoms. The predicted octanol–water partition coefficient (Wildman–Crippen LogP) is 17.1. The van der Waals surface area contributed by atoms with Crippen LogP contribution in [0.3, 0.4) is 0 Å². The van der Waals surface area contributed by atoms with Crippen LogP contribution in [0.25, 0.3) is 11.1 Å². The fourth-order valence-electron chi connectivity index (χ4n) is 13.2. The van der Waals surface area contributed by atoms with Gasteiger partial charge in [0.15, 0.2) is 0 Å². The van der Waals surface area contributed by atoms with Crippen LogP contribution in [0.1, 0.15) is 163 Å². The molecule has 0 radical (unpaired) electrons. The molecule has 1 aliphatic carbocycles. The van der Waals surface area contributed by atoms with Crippen molar-refractivity contribution in [2.45, 2.75) is 168 Å². The number of anilines is 8. The van der Waals surface area contributed by atoms with Crippen molar-refractivity contribution in [3.8, 4) is 11.1 Å². The van der Waals surface area contributed by atoms with Gasteiger partial charge < -0.3 is 14.7 Å². The summed E-state index contributed by atoms with van der Waals surface area (Å²) >= 11 is 0. The van der Waals surface area contributed by atoms with E-state index in [2.05, 4.69) is 257 Å². The zero-order valence-electron chi connectivity index (χ0n) is 46.0. The zero-order chi connectivity index (χ0) is 50.9. The topological polar surface area (TPSA) is 9.72 Å². The molecule has 0 bridgehead atoms. The largest absolute Gasteiger partial charge is 0.334 e. The molecule has 0 aromatic heterocycles. The number of fused-ring (bicyclic) bond motifs is 7. The van der Waals surface area contributed by atoms with Crippen LogP contribution in [0.5, 0.6) is 0 Å². The van der Waals surface area contributed by atoms with Crippen molar-refractivity contribution < 1.29 is 0 Å². The van der Waals surface area contributed by atoms with Crippen LogP contribution in [0.4, 0.5) is 45.5 Å². The van der Waals surface area contributed by atoms with Crippen LogP contribution < -0.4 is 31.1 Å². The van der Waals surface area contributed by atoms with Crippen LogP contribution in [0, 0.1) is 0 Å². The first-order valence-corrected chi connectivity index (χ1v) is 27.3. The lowest BCUT2D eigenvalue weighted by Gasteiger charge is -2.50. The Morgan fingerprint density at radius 2 is 0.917 bits per heavy atom. The molecule has 0 spiro atoms. The minimum Gasteiger partial charge on any atom is -0.334 e. The normalized spacial score (nSPS) is 19.8. The smallest absolute Gasteiger partial charge is 0.252 e. The summed E-state index contributed by atoms with van der Waals surface area (Å²) in [7, 11) is 0. The summed E-state index contributed by atoms with van der Waals surface area (Å²) in [6, 6.07) is 57.5. The van der Waals surface area contributed by atoms with Crippen LogP contribution >= 0.6 is 0 Å². The van der Waals surface area contributed by atoms with Crippen LogP contribution in [-0.2, 0) is 27.1 Å². The van der Waals surface area contributed by atoms with Crippen molar-refractivity contribution in [2.75, 3.05) is 14.7 Å². The third-order valence-electron chi connectivity index (χ3n) is 17.7. The molecule has 368 valence electrons. The molecule has 0 amide bonds. The molecule has 2 unspecified atom stereocenters. The fourth-order valence-corrected chi connectivity index (χ4v) is 13.2. The minimum absolute atomic E-state index is 0.00961. The van der Waals surface area contributed by atoms with Gasteiger partial charge in [0.1, 0.15) is 0 Å². The highest BCUT2D eigenvalue weighted by molar-refractivity contribution is 7.00. The monoisotopic (exact) mass is 948 g/mol. The van der Waals surface area contributed by atoms with E-state index >= 15 is 0 Å². The Morgan fingerprint density at radius 1 is 0.403 bits per heavy atom. The second-order valence-corrected chi connectivity index (χ2v) is 26.6. The van der Waals surface area contributed by atoms with E-state index in [9.17, 15) is 0 Å². The second kappa shape index (κ2) is 16.8. The highest BCUT2D eigenvalue weighted by Crippen LogP contribution is 2.61. The van der Waals surface area contributed by atoms with E-state index in [0.29, 0.717) is 0 Å². The molecule has 0 N–H and O–H groups in total. The molecular formula is C68H78BN3. The molecule has 3 nitrogen and oxygen atoms in total. The average Bonchev–Trinajstić information content (AvgIpc) is 3.51. The van der Waals surface area contributed by atoms with Gasteiger partial charge in [0.2, 0.25) is 0 Å². The Kier molecular flexibility index (Phi) is 11.2. The summed E-state index contributed by atoms with van der Waals surface area (Å²) < 4.78 is 0. The maximum absolute atomic E-state index is 2.85. The molecule has 3 aliphatic heterocycles. The summed E-state index contributed by atoms with van der Waals surface area (Å²) in [5.74, 6) is 0. The Labute approximate surface area is 433 Å². The van der Waals surface area contributed by atoms with Crippen molar-refractivity contribution in [3.63, 3.8) is 0 Å². The van der Waals surface area contributed by atoms with E-state index < -0.39 is 0 Å². The highest BCUT2D eigenvalue weighted by Gasteiger charge is 2.57. The van der Waals surface area contributed by atoms with Gasteiger partial charge in [-0.25, -0.2) is 0 Å². The minimum atomic E-state index is -0.166.